The van der Waals surface area contributed by atoms with E-state index in [-0.39, 0.29) is 0 Å². The van der Waals surface area contributed by atoms with E-state index in [1.54, 1.807) is 0 Å². The van der Waals surface area contributed by atoms with Crippen LogP contribution in [0.2, 0.25) is 0 Å². The summed E-state index contributed by atoms with van der Waals surface area (Å²) in [6.07, 6.45) is 4.39. The Morgan fingerprint density at radius 1 is 1.50 bits per heavy atom. The van der Waals surface area contributed by atoms with Crippen LogP contribution in [0.4, 0.5) is 0 Å². The van der Waals surface area contributed by atoms with Crippen LogP contribution in [0.3, 0.4) is 0 Å². The van der Waals surface area contributed by atoms with E-state index >= 15 is 0 Å². The van der Waals surface area contributed by atoms with E-state index in [1.807, 2.05) is 13.1 Å². The quantitative estimate of drug-likeness (QED) is 0.793. The maximum Gasteiger partial charge on any atom is 0.246 e. The molecule has 0 spiro atoms. The summed E-state index contributed by atoms with van der Waals surface area (Å²) in [6.45, 7) is 4.03. The third-order valence-electron chi connectivity index (χ3n) is 3.14. The maximum absolute atomic E-state index is 5.37. The zero-order valence-electron chi connectivity index (χ0n) is 9.36. The van der Waals surface area contributed by atoms with Gasteiger partial charge in [-0.25, -0.2) is 9.97 Å². The molecule has 4 nitrogen and oxygen atoms in total. The SMILES string of the molecule is Cc1nc2cc(C3CCCNC3)cnc2o1. The number of fused-ring (bicyclic) bond motifs is 1. The Labute approximate surface area is 94.1 Å². The highest BCUT2D eigenvalue weighted by atomic mass is 16.4. The molecule has 0 radical (unpaired) electrons. The first kappa shape index (κ1) is 9.78. The van der Waals surface area contributed by atoms with Crippen LogP contribution in [0.25, 0.3) is 11.2 Å². The number of aromatic nitrogens is 2. The van der Waals surface area contributed by atoms with Gasteiger partial charge in [0.15, 0.2) is 5.89 Å². The van der Waals surface area contributed by atoms with Crippen molar-refractivity contribution in [3.05, 3.63) is 23.7 Å². The number of pyridine rings is 1. The summed E-state index contributed by atoms with van der Waals surface area (Å²) in [6, 6.07) is 2.11. The van der Waals surface area contributed by atoms with Crippen molar-refractivity contribution in [1.29, 1.82) is 0 Å². The van der Waals surface area contributed by atoms with Gasteiger partial charge in [0, 0.05) is 19.7 Å². The summed E-state index contributed by atoms with van der Waals surface area (Å²) in [7, 11) is 0. The summed E-state index contributed by atoms with van der Waals surface area (Å²) in [5, 5.41) is 3.41. The predicted molar refractivity (Wildman–Crippen MR) is 61.4 cm³/mol. The molecule has 4 heteroatoms. The molecule has 1 atom stereocenters. The lowest BCUT2D eigenvalue weighted by Crippen LogP contribution is -2.28. The monoisotopic (exact) mass is 217 g/mol. The minimum atomic E-state index is 0.572. The predicted octanol–water partition coefficient (Wildman–Crippen LogP) is 2.00. The molecule has 3 heterocycles. The van der Waals surface area contributed by atoms with Gasteiger partial charge in [0.25, 0.3) is 0 Å². The zero-order valence-corrected chi connectivity index (χ0v) is 9.36. The van der Waals surface area contributed by atoms with Crippen LogP contribution in [0.15, 0.2) is 16.7 Å². The molecule has 2 aromatic rings. The second-order valence-corrected chi connectivity index (χ2v) is 4.37. The van der Waals surface area contributed by atoms with Gasteiger partial charge >= 0.3 is 0 Å². The molecule has 1 N–H and O–H groups in total. The summed E-state index contributed by atoms with van der Waals surface area (Å²) in [5.74, 6) is 1.25. The van der Waals surface area contributed by atoms with Gasteiger partial charge in [-0.2, -0.15) is 0 Å². The van der Waals surface area contributed by atoms with Gasteiger partial charge in [-0.1, -0.05) is 0 Å². The first-order chi connectivity index (χ1) is 7.83. The molecule has 0 aliphatic carbocycles. The van der Waals surface area contributed by atoms with Gasteiger partial charge in [0.1, 0.15) is 5.52 Å². The van der Waals surface area contributed by atoms with Crippen molar-refractivity contribution in [3.8, 4) is 0 Å². The van der Waals surface area contributed by atoms with E-state index in [0.29, 0.717) is 17.5 Å². The maximum atomic E-state index is 5.37. The molecule has 1 fully saturated rings. The Morgan fingerprint density at radius 3 is 3.25 bits per heavy atom. The van der Waals surface area contributed by atoms with Crippen molar-refractivity contribution < 1.29 is 4.42 Å². The number of oxazole rings is 1. The number of nitrogens with zero attached hydrogens (tertiary/aromatic N) is 2. The second-order valence-electron chi connectivity index (χ2n) is 4.37. The molecule has 84 valence electrons. The molecule has 1 aliphatic heterocycles. The molecular weight excluding hydrogens is 202 g/mol. The fourth-order valence-electron chi connectivity index (χ4n) is 2.31. The topological polar surface area (TPSA) is 51.0 Å². The molecule has 1 aliphatic rings. The number of nitrogens with one attached hydrogen (secondary N) is 1. The highest BCUT2D eigenvalue weighted by molar-refractivity contribution is 5.68. The largest absolute Gasteiger partial charge is 0.423 e. The van der Waals surface area contributed by atoms with Crippen molar-refractivity contribution in [2.45, 2.75) is 25.7 Å². The van der Waals surface area contributed by atoms with E-state index in [2.05, 4.69) is 21.4 Å². The lowest BCUT2D eigenvalue weighted by molar-refractivity contribution is 0.461. The van der Waals surface area contributed by atoms with Crippen molar-refractivity contribution in [2.75, 3.05) is 13.1 Å². The summed E-state index contributed by atoms with van der Waals surface area (Å²) >= 11 is 0. The Morgan fingerprint density at radius 2 is 2.44 bits per heavy atom. The normalized spacial score (nSPS) is 21.4. The lowest BCUT2D eigenvalue weighted by Gasteiger charge is -2.22. The fraction of sp³-hybridized carbons (Fsp3) is 0.500. The van der Waals surface area contributed by atoms with Crippen molar-refractivity contribution in [3.63, 3.8) is 0 Å². The molecule has 1 saturated heterocycles. The molecule has 16 heavy (non-hydrogen) atoms. The Balaban J connectivity index is 1.97. The molecule has 0 aromatic carbocycles. The summed E-state index contributed by atoms with van der Waals surface area (Å²) in [5.41, 5.74) is 2.79. The Hall–Kier alpha value is -1.42. The van der Waals surface area contributed by atoms with Gasteiger partial charge in [0.05, 0.1) is 0 Å². The van der Waals surface area contributed by atoms with Crippen molar-refractivity contribution >= 4 is 11.2 Å². The highest BCUT2D eigenvalue weighted by Crippen LogP contribution is 2.25. The Kier molecular flexibility index (Phi) is 2.36. The average Bonchev–Trinajstić information content (AvgIpc) is 2.69. The minimum Gasteiger partial charge on any atom is -0.423 e. The van der Waals surface area contributed by atoms with Crippen LogP contribution in [0.1, 0.15) is 30.2 Å². The first-order valence-electron chi connectivity index (χ1n) is 5.77. The van der Waals surface area contributed by atoms with Gasteiger partial charge in [-0.05, 0) is 36.9 Å². The van der Waals surface area contributed by atoms with Crippen LogP contribution in [-0.2, 0) is 0 Å². The molecule has 3 rings (SSSR count). The van der Waals surface area contributed by atoms with Crippen molar-refractivity contribution in [2.24, 2.45) is 0 Å². The molecule has 1 unspecified atom stereocenters. The second kappa shape index (κ2) is 3.87. The van der Waals surface area contributed by atoms with Crippen molar-refractivity contribution in [1.82, 2.24) is 15.3 Å². The number of hydrogen-bond acceptors (Lipinski definition) is 4. The van der Waals surface area contributed by atoms with Crippen LogP contribution in [0.5, 0.6) is 0 Å². The van der Waals surface area contributed by atoms with Crippen LogP contribution < -0.4 is 5.32 Å². The average molecular weight is 217 g/mol. The molecular formula is C12H15N3O. The van der Waals surface area contributed by atoms with Crippen LogP contribution in [0, 0.1) is 6.92 Å². The molecule has 0 bridgehead atoms. The zero-order chi connectivity index (χ0) is 11.0. The number of aryl methyl sites for hydroxylation is 1. The number of piperidine rings is 1. The smallest absolute Gasteiger partial charge is 0.246 e. The number of hydrogen-bond donors (Lipinski definition) is 1. The van der Waals surface area contributed by atoms with Gasteiger partial charge < -0.3 is 9.73 Å². The third-order valence-corrected chi connectivity index (χ3v) is 3.14. The van der Waals surface area contributed by atoms with E-state index < -0.39 is 0 Å². The third kappa shape index (κ3) is 1.69. The summed E-state index contributed by atoms with van der Waals surface area (Å²) < 4.78 is 5.37. The van der Waals surface area contributed by atoms with Crippen LogP contribution in [-0.4, -0.2) is 23.1 Å². The standard InChI is InChI=1S/C12H15N3O/c1-8-15-11-5-10(7-14-12(11)16-8)9-3-2-4-13-6-9/h5,7,9,13H,2-4,6H2,1H3. The lowest BCUT2D eigenvalue weighted by atomic mass is 9.93. The highest BCUT2D eigenvalue weighted by Gasteiger charge is 2.16. The van der Waals surface area contributed by atoms with Gasteiger partial charge in [-0.15, -0.1) is 0 Å². The fourth-order valence-corrected chi connectivity index (χ4v) is 2.31. The van der Waals surface area contributed by atoms with Crippen LogP contribution >= 0.6 is 0 Å². The molecule has 0 saturated carbocycles. The molecule has 0 amide bonds. The number of rotatable bonds is 1. The minimum absolute atomic E-state index is 0.572. The first-order valence-corrected chi connectivity index (χ1v) is 5.77. The van der Waals surface area contributed by atoms with E-state index in [0.717, 1.165) is 18.6 Å². The van der Waals surface area contributed by atoms with E-state index in [4.69, 9.17) is 4.42 Å². The van der Waals surface area contributed by atoms with E-state index in [9.17, 15) is 0 Å². The summed E-state index contributed by atoms with van der Waals surface area (Å²) in [4.78, 5) is 8.64. The van der Waals surface area contributed by atoms with E-state index in [1.165, 1.54) is 18.4 Å². The Bertz CT molecular complexity index is 500. The van der Waals surface area contributed by atoms with Gasteiger partial charge in [-0.3, -0.25) is 0 Å². The molecule has 2 aromatic heterocycles. The van der Waals surface area contributed by atoms with Gasteiger partial charge in [0.2, 0.25) is 5.71 Å².